The number of H-pyrrole nitrogens is 1. The highest BCUT2D eigenvalue weighted by atomic mass is 19.1. The number of anilines is 1. The molecule has 2 heterocycles. The Hall–Kier alpha value is -2.93. The number of fused-ring (bicyclic) bond motifs is 2. The first-order chi connectivity index (χ1) is 14.9. The molecule has 1 aliphatic heterocycles. The number of amides is 2. The second-order valence-corrected chi connectivity index (χ2v) is 8.11. The Kier molecular flexibility index (Phi) is 5.96. The molecule has 2 aromatic rings. The lowest BCUT2D eigenvalue weighted by Crippen LogP contribution is -2.35. The molecule has 0 saturated carbocycles. The van der Waals surface area contributed by atoms with Crippen LogP contribution < -0.4 is 10.6 Å². The Balaban J connectivity index is 1.68. The molecular weight excluding hydrogens is 395 g/mol. The van der Waals surface area contributed by atoms with Crippen LogP contribution >= 0.6 is 0 Å². The van der Waals surface area contributed by atoms with Crippen molar-refractivity contribution in [1.82, 2.24) is 15.2 Å². The Morgan fingerprint density at radius 2 is 2.00 bits per heavy atom. The number of aryl methyl sites for hydroxylation is 1. The Bertz CT molecular complexity index is 1070. The molecule has 4 rings (SSSR count). The number of nitrogens with zero attached hydrogens (tertiary/aromatic N) is 1. The summed E-state index contributed by atoms with van der Waals surface area (Å²) in [5.74, 6) is -0.683. The third kappa shape index (κ3) is 3.90. The first-order valence-corrected chi connectivity index (χ1v) is 11.0. The predicted molar refractivity (Wildman–Crippen MR) is 120 cm³/mol. The van der Waals surface area contributed by atoms with Crippen LogP contribution in [0.4, 0.5) is 10.1 Å². The standard InChI is InChI=1S/C24H29FN4O2/c1-4-29(5-2)12-11-26-23(30)20-14(3)27-22-16(20)7-6-8-17(22)21-18-13-15(25)9-10-19(18)28-24(21)31/h9-10,13,27H,4-8,11-12H2,1-3H3,(H,26,30)(H,28,31)/b21-17+. The third-order valence-corrected chi connectivity index (χ3v) is 6.31. The van der Waals surface area contributed by atoms with E-state index in [1.807, 2.05) is 6.92 Å². The van der Waals surface area contributed by atoms with E-state index < -0.39 is 0 Å². The maximum Gasteiger partial charge on any atom is 0.256 e. The zero-order chi connectivity index (χ0) is 22.1. The largest absolute Gasteiger partial charge is 0.358 e. The van der Waals surface area contributed by atoms with Crippen LogP contribution in [-0.2, 0) is 11.2 Å². The Morgan fingerprint density at radius 1 is 1.23 bits per heavy atom. The van der Waals surface area contributed by atoms with E-state index in [1.54, 1.807) is 6.07 Å². The van der Waals surface area contributed by atoms with Gasteiger partial charge < -0.3 is 20.5 Å². The number of halogens is 1. The van der Waals surface area contributed by atoms with Crippen LogP contribution in [0.15, 0.2) is 18.2 Å². The number of hydrogen-bond acceptors (Lipinski definition) is 3. The summed E-state index contributed by atoms with van der Waals surface area (Å²) < 4.78 is 13.9. The number of carbonyl (C=O) groups excluding carboxylic acids is 2. The van der Waals surface area contributed by atoms with Crippen molar-refractivity contribution < 1.29 is 14.0 Å². The van der Waals surface area contributed by atoms with Gasteiger partial charge in [0.2, 0.25) is 0 Å². The second kappa shape index (κ2) is 8.67. The summed E-state index contributed by atoms with van der Waals surface area (Å²) in [6, 6.07) is 4.34. The van der Waals surface area contributed by atoms with Crippen molar-refractivity contribution in [2.24, 2.45) is 0 Å². The van der Waals surface area contributed by atoms with Gasteiger partial charge in [-0.3, -0.25) is 9.59 Å². The number of carbonyl (C=O) groups is 2. The fourth-order valence-electron chi connectivity index (χ4n) is 4.70. The van der Waals surface area contributed by atoms with Crippen LogP contribution in [0.2, 0.25) is 0 Å². The maximum absolute atomic E-state index is 13.9. The molecule has 0 spiro atoms. The van der Waals surface area contributed by atoms with Crippen molar-refractivity contribution in [2.45, 2.75) is 40.0 Å². The van der Waals surface area contributed by atoms with Gasteiger partial charge in [0.25, 0.3) is 11.8 Å². The minimum absolute atomic E-state index is 0.0873. The van der Waals surface area contributed by atoms with Crippen molar-refractivity contribution in [3.63, 3.8) is 0 Å². The maximum atomic E-state index is 13.9. The summed E-state index contributed by atoms with van der Waals surface area (Å²) in [4.78, 5) is 31.4. The molecule has 2 aliphatic rings. The normalized spacial score (nSPS) is 17.5. The van der Waals surface area contributed by atoms with Gasteiger partial charge in [0.15, 0.2) is 0 Å². The van der Waals surface area contributed by atoms with E-state index in [9.17, 15) is 14.0 Å². The molecule has 0 atom stereocenters. The quantitative estimate of drug-likeness (QED) is 0.619. The van der Waals surface area contributed by atoms with Crippen molar-refractivity contribution in [1.29, 1.82) is 0 Å². The van der Waals surface area contributed by atoms with E-state index in [1.165, 1.54) is 12.1 Å². The van der Waals surface area contributed by atoms with E-state index in [0.29, 0.717) is 35.4 Å². The monoisotopic (exact) mass is 424 g/mol. The molecule has 1 aromatic heterocycles. The zero-order valence-electron chi connectivity index (χ0n) is 18.3. The summed E-state index contributed by atoms with van der Waals surface area (Å²) >= 11 is 0. The van der Waals surface area contributed by atoms with Crippen LogP contribution in [0, 0.1) is 12.7 Å². The van der Waals surface area contributed by atoms with Crippen LogP contribution in [-0.4, -0.2) is 47.9 Å². The number of nitrogens with one attached hydrogen (secondary N) is 3. The average Bonchev–Trinajstić information content (AvgIpc) is 3.26. The molecule has 31 heavy (non-hydrogen) atoms. The molecule has 3 N–H and O–H groups in total. The molecule has 7 heteroatoms. The smallest absolute Gasteiger partial charge is 0.256 e. The molecule has 1 aromatic carbocycles. The molecular formula is C24H29FN4O2. The van der Waals surface area contributed by atoms with E-state index in [-0.39, 0.29) is 17.6 Å². The lowest BCUT2D eigenvalue weighted by Gasteiger charge is -2.19. The number of allylic oxidation sites excluding steroid dienone is 1. The van der Waals surface area contributed by atoms with Crippen molar-refractivity contribution in [3.8, 4) is 0 Å². The van der Waals surface area contributed by atoms with Crippen LogP contribution in [0.3, 0.4) is 0 Å². The van der Waals surface area contributed by atoms with Crippen molar-refractivity contribution in [2.75, 3.05) is 31.5 Å². The van der Waals surface area contributed by atoms with Crippen LogP contribution in [0.25, 0.3) is 11.1 Å². The minimum atomic E-state index is -0.375. The first kappa shape index (κ1) is 21.3. The van der Waals surface area contributed by atoms with Gasteiger partial charge in [-0.25, -0.2) is 4.39 Å². The minimum Gasteiger partial charge on any atom is -0.358 e. The van der Waals surface area contributed by atoms with E-state index in [2.05, 4.69) is 34.4 Å². The van der Waals surface area contributed by atoms with Gasteiger partial charge in [-0.1, -0.05) is 13.8 Å². The van der Waals surface area contributed by atoms with Crippen LogP contribution in [0.1, 0.15) is 59.6 Å². The highest BCUT2D eigenvalue weighted by molar-refractivity contribution is 6.36. The summed E-state index contributed by atoms with van der Waals surface area (Å²) in [7, 11) is 0. The van der Waals surface area contributed by atoms with Gasteiger partial charge in [0.1, 0.15) is 5.82 Å². The molecule has 0 radical (unpaired) electrons. The topological polar surface area (TPSA) is 77.2 Å². The Labute approximate surface area is 181 Å². The molecule has 0 bridgehead atoms. The zero-order valence-corrected chi connectivity index (χ0v) is 18.3. The van der Waals surface area contributed by atoms with Gasteiger partial charge in [-0.05, 0) is 68.6 Å². The molecule has 164 valence electrons. The fraction of sp³-hybridized carbons (Fsp3) is 0.417. The summed E-state index contributed by atoms with van der Waals surface area (Å²) in [5, 5.41) is 5.88. The predicted octanol–water partition coefficient (Wildman–Crippen LogP) is 3.73. The number of likely N-dealkylation sites (N-methyl/N-ethyl adjacent to an activating group) is 1. The molecule has 6 nitrogen and oxygen atoms in total. The molecule has 2 amide bonds. The molecule has 0 unspecified atom stereocenters. The third-order valence-electron chi connectivity index (χ3n) is 6.31. The summed E-state index contributed by atoms with van der Waals surface area (Å²) in [6.07, 6.45) is 2.31. The van der Waals surface area contributed by atoms with Crippen molar-refractivity contribution in [3.05, 3.63) is 52.1 Å². The van der Waals surface area contributed by atoms with Crippen LogP contribution in [0.5, 0.6) is 0 Å². The lowest BCUT2D eigenvalue weighted by atomic mass is 9.86. The summed E-state index contributed by atoms with van der Waals surface area (Å²) in [5.41, 5.74) is 5.82. The first-order valence-electron chi connectivity index (χ1n) is 11.0. The highest BCUT2D eigenvalue weighted by Gasteiger charge is 2.33. The van der Waals surface area contributed by atoms with Gasteiger partial charge >= 0.3 is 0 Å². The number of hydrogen-bond donors (Lipinski definition) is 3. The number of rotatable bonds is 6. The van der Waals surface area contributed by atoms with Gasteiger partial charge in [0, 0.05) is 35.7 Å². The molecule has 0 saturated heterocycles. The van der Waals surface area contributed by atoms with E-state index >= 15 is 0 Å². The summed E-state index contributed by atoms with van der Waals surface area (Å²) in [6.45, 7) is 9.40. The average molecular weight is 425 g/mol. The van der Waals surface area contributed by atoms with Gasteiger partial charge in [-0.15, -0.1) is 0 Å². The SMILES string of the molecule is CCN(CC)CCNC(=O)c1c(C)[nH]c2c1CCC/C2=C1\C(=O)Nc2ccc(F)cc21. The van der Waals surface area contributed by atoms with Gasteiger partial charge in [-0.2, -0.15) is 0 Å². The number of aromatic nitrogens is 1. The molecule has 1 aliphatic carbocycles. The van der Waals surface area contributed by atoms with Crippen molar-refractivity contribution >= 4 is 28.6 Å². The second-order valence-electron chi connectivity index (χ2n) is 8.11. The van der Waals surface area contributed by atoms with E-state index in [0.717, 1.165) is 55.0 Å². The molecule has 0 fully saturated rings. The number of benzene rings is 1. The Morgan fingerprint density at radius 3 is 2.74 bits per heavy atom. The fourth-order valence-corrected chi connectivity index (χ4v) is 4.70. The van der Waals surface area contributed by atoms with Gasteiger partial charge in [0.05, 0.1) is 11.1 Å². The highest BCUT2D eigenvalue weighted by Crippen LogP contribution is 2.43. The number of aromatic amines is 1. The lowest BCUT2D eigenvalue weighted by molar-refractivity contribution is -0.110. The van der Waals surface area contributed by atoms with E-state index in [4.69, 9.17) is 0 Å².